The van der Waals surface area contributed by atoms with Gasteiger partial charge in [0.05, 0.1) is 16.5 Å². The molecule has 5 aliphatic rings. The lowest BCUT2D eigenvalue weighted by molar-refractivity contribution is 0.360. The molecule has 11 aromatic rings. The fraction of sp³-hybridized carbons (Fsp3) is 0.0294. The molecule has 0 saturated heterocycles. The molecule has 1 heterocycles. The Morgan fingerprint density at radius 2 is 0.690 bits per heavy atom. The van der Waals surface area contributed by atoms with E-state index in [1.54, 1.807) is 0 Å². The standard InChI is InChI=1S/C68H41NO2/c1-2-18-43(19-3-1)69(44-38-36-42(37-39-44)45-26-16-27-52-50-24-8-15-33-59(50)68(65(45)52)57-31-13-6-22-48(57)49-23-7-14-32-58(49)68)61-34-17-35-62-66(61)71-63-40-53-51-25-9-12-30-56(51)67(60(53)41-64(63)70-62)54-28-10-4-20-46(54)47-21-5-11-29-55(47)67/h1-41H. The molecular weight excluding hydrogens is 863 g/mol. The van der Waals surface area contributed by atoms with Gasteiger partial charge in [0.25, 0.3) is 0 Å². The Morgan fingerprint density at radius 1 is 0.268 bits per heavy atom. The predicted molar refractivity (Wildman–Crippen MR) is 286 cm³/mol. The number of hydrogen-bond acceptors (Lipinski definition) is 3. The van der Waals surface area contributed by atoms with Gasteiger partial charge in [-0.25, -0.2) is 0 Å². The lowest BCUT2D eigenvalue weighted by Crippen LogP contribution is -2.26. The molecule has 0 saturated carbocycles. The summed E-state index contributed by atoms with van der Waals surface area (Å²) >= 11 is 0. The molecule has 11 aromatic carbocycles. The normalized spacial score (nSPS) is 14.4. The van der Waals surface area contributed by atoms with Gasteiger partial charge >= 0.3 is 0 Å². The van der Waals surface area contributed by atoms with E-state index in [2.05, 4.69) is 248 Å². The average Bonchev–Trinajstić information content (AvgIpc) is 4.12. The smallest absolute Gasteiger partial charge is 0.194 e. The van der Waals surface area contributed by atoms with E-state index in [0.29, 0.717) is 23.0 Å². The molecule has 0 aromatic heterocycles. The summed E-state index contributed by atoms with van der Waals surface area (Å²) in [4.78, 5) is 2.29. The Kier molecular flexibility index (Phi) is 7.75. The zero-order valence-corrected chi connectivity index (χ0v) is 38.4. The molecule has 0 bridgehead atoms. The van der Waals surface area contributed by atoms with Gasteiger partial charge in [0.15, 0.2) is 23.0 Å². The summed E-state index contributed by atoms with van der Waals surface area (Å²) in [5.41, 5.74) is 24.9. The second-order valence-electron chi connectivity index (χ2n) is 19.4. The van der Waals surface area contributed by atoms with Crippen LogP contribution in [0.15, 0.2) is 249 Å². The summed E-state index contributed by atoms with van der Waals surface area (Å²) in [6.07, 6.45) is 0. The van der Waals surface area contributed by atoms with E-state index >= 15 is 0 Å². The summed E-state index contributed by atoms with van der Waals surface area (Å²) in [7, 11) is 0. The Bertz CT molecular complexity index is 3960. The van der Waals surface area contributed by atoms with Crippen molar-refractivity contribution >= 4 is 17.1 Å². The van der Waals surface area contributed by atoms with Gasteiger partial charge in [-0.1, -0.05) is 200 Å². The maximum atomic E-state index is 7.18. The number of anilines is 3. The SMILES string of the molecule is c1ccc(N(c2ccc(-c3cccc4c3C3(c5ccccc5-c5ccccc53)c3ccccc3-4)cc2)c2cccc3c2Oc2cc4c(cc2O3)C2(c3ccccc3-c3ccccc32)c2ccccc2-4)cc1. The summed E-state index contributed by atoms with van der Waals surface area (Å²) in [6.45, 7) is 0. The third-order valence-corrected chi connectivity index (χ3v) is 16.2. The van der Waals surface area contributed by atoms with Gasteiger partial charge in [0, 0.05) is 11.4 Å². The minimum absolute atomic E-state index is 0.448. The third kappa shape index (κ3) is 4.92. The molecular formula is C68H41NO2. The number of nitrogens with zero attached hydrogens (tertiary/aromatic N) is 1. The van der Waals surface area contributed by atoms with Gasteiger partial charge in [0.1, 0.15) is 0 Å². The highest BCUT2D eigenvalue weighted by Gasteiger charge is 2.54. The van der Waals surface area contributed by atoms with E-state index in [4.69, 9.17) is 9.47 Å². The maximum absolute atomic E-state index is 7.18. The van der Waals surface area contributed by atoms with E-state index in [0.717, 1.165) is 28.2 Å². The first kappa shape index (κ1) is 38.8. The van der Waals surface area contributed by atoms with Crippen molar-refractivity contribution in [1.82, 2.24) is 0 Å². The van der Waals surface area contributed by atoms with Crippen molar-refractivity contribution in [2.75, 3.05) is 4.90 Å². The first-order chi connectivity index (χ1) is 35.2. The Balaban J connectivity index is 0.828. The van der Waals surface area contributed by atoms with Crippen LogP contribution in [0.5, 0.6) is 23.0 Å². The zero-order chi connectivity index (χ0) is 46.4. The van der Waals surface area contributed by atoms with Crippen molar-refractivity contribution in [1.29, 1.82) is 0 Å². The molecule has 3 heteroatoms. The van der Waals surface area contributed by atoms with Gasteiger partial charge in [-0.05, 0) is 149 Å². The molecule has 0 fully saturated rings. The second kappa shape index (κ2) is 14.2. The molecule has 71 heavy (non-hydrogen) atoms. The van der Waals surface area contributed by atoms with Gasteiger partial charge < -0.3 is 14.4 Å². The van der Waals surface area contributed by atoms with E-state index in [1.807, 2.05) is 6.07 Å². The zero-order valence-electron chi connectivity index (χ0n) is 38.4. The Labute approximate surface area is 412 Å². The average molecular weight is 904 g/mol. The van der Waals surface area contributed by atoms with Crippen LogP contribution in [0.2, 0.25) is 0 Å². The van der Waals surface area contributed by atoms with E-state index in [9.17, 15) is 0 Å². The molecule has 3 nitrogen and oxygen atoms in total. The maximum Gasteiger partial charge on any atom is 0.194 e. The van der Waals surface area contributed by atoms with E-state index < -0.39 is 10.8 Å². The van der Waals surface area contributed by atoms with Crippen molar-refractivity contribution in [2.24, 2.45) is 0 Å². The van der Waals surface area contributed by atoms with Crippen molar-refractivity contribution in [3.63, 3.8) is 0 Å². The lowest BCUT2D eigenvalue weighted by Gasteiger charge is -2.33. The first-order valence-electron chi connectivity index (χ1n) is 24.6. The van der Waals surface area contributed by atoms with Gasteiger partial charge in [-0.3, -0.25) is 0 Å². The number of fused-ring (bicyclic) bond motifs is 22. The number of hydrogen-bond donors (Lipinski definition) is 0. The van der Waals surface area contributed by atoms with Crippen LogP contribution in [0.4, 0.5) is 17.1 Å². The topological polar surface area (TPSA) is 21.7 Å². The highest BCUT2D eigenvalue weighted by Crippen LogP contribution is 2.67. The number of rotatable bonds is 4. The number of para-hydroxylation sites is 2. The van der Waals surface area contributed by atoms with Crippen LogP contribution >= 0.6 is 0 Å². The predicted octanol–water partition coefficient (Wildman–Crippen LogP) is 17.4. The van der Waals surface area contributed by atoms with Crippen molar-refractivity contribution in [3.05, 3.63) is 293 Å². The molecule has 0 radical (unpaired) electrons. The van der Waals surface area contributed by atoms with Crippen LogP contribution < -0.4 is 14.4 Å². The van der Waals surface area contributed by atoms with Gasteiger partial charge in [-0.2, -0.15) is 0 Å². The number of benzene rings is 11. The Hall–Kier alpha value is -9.18. The van der Waals surface area contributed by atoms with Crippen LogP contribution in [0.3, 0.4) is 0 Å². The first-order valence-corrected chi connectivity index (χ1v) is 24.6. The molecule has 0 atom stereocenters. The third-order valence-electron chi connectivity index (χ3n) is 16.2. The number of ether oxygens (including phenoxy) is 2. The van der Waals surface area contributed by atoms with E-state index in [1.165, 1.54) is 89.0 Å². The van der Waals surface area contributed by atoms with Crippen molar-refractivity contribution < 1.29 is 9.47 Å². The van der Waals surface area contributed by atoms with Crippen LogP contribution in [-0.2, 0) is 10.8 Å². The molecule has 330 valence electrons. The molecule has 16 rings (SSSR count). The fourth-order valence-electron chi connectivity index (χ4n) is 13.5. The largest absolute Gasteiger partial charge is 0.449 e. The second-order valence-corrected chi connectivity index (χ2v) is 19.4. The Morgan fingerprint density at radius 3 is 1.25 bits per heavy atom. The molecule has 2 spiro atoms. The van der Waals surface area contributed by atoms with Crippen LogP contribution in [0, 0.1) is 0 Å². The van der Waals surface area contributed by atoms with Gasteiger partial charge in [0.2, 0.25) is 0 Å². The molecule has 4 aliphatic carbocycles. The van der Waals surface area contributed by atoms with Crippen LogP contribution in [-0.4, -0.2) is 0 Å². The summed E-state index contributed by atoms with van der Waals surface area (Å²) in [5, 5.41) is 0. The molecule has 1 aliphatic heterocycles. The van der Waals surface area contributed by atoms with Gasteiger partial charge in [-0.15, -0.1) is 0 Å². The van der Waals surface area contributed by atoms with Crippen LogP contribution in [0.25, 0.3) is 55.6 Å². The van der Waals surface area contributed by atoms with Crippen molar-refractivity contribution in [3.8, 4) is 78.6 Å². The molecule has 0 amide bonds. The highest BCUT2D eigenvalue weighted by atomic mass is 16.6. The monoisotopic (exact) mass is 903 g/mol. The molecule has 0 unspecified atom stereocenters. The highest BCUT2D eigenvalue weighted by molar-refractivity contribution is 6.00. The lowest BCUT2D eigenvalue weighted by atomic mass is 9.68. The fourth-order valence-corrected chi connectivity index (χ4v) is 13.5. The van der Waals surface area contributed by atoms with Crippen LogP contribution in [0.1, 0.15) is 44.5 Å². The summed E-state index contributed by atoms with van der Waals surface area (Å²) in [5.74, 6) is 2.75. The quantitative estimate of drug-likeness (QED) is 0.176. The molecule has 0 N–H and O–H groups in total. The van der Waals surface area contributed by atoms with E-state index in [-0.39, 0.29) is 0 Å². The minimum atomic E-state index is -0.480. The van der Waals surface area contributed by atoms with Crippen molar-refractivity contribution in [2.45, 2.75) is 10.8 Å². The summed E-state index contributed by atoms with van der Waals surface area (Å²) < 4.78 is 14.2. The summed E-state index contributed by atoms with van der Waals surface area (Å²) in [6, 6.07) is 91.0. The minimum Gasteiger partial charge on any atom is -0.449 e.